The van der Waals surface area contributed by atoms with E-state index in [-0.39, 0.29) is 11.8 Å². The van der Waals surface area contributed by atoms with Gasteiger partial charge in [0.05, 0.1) is 18.7 Å². The van der Waals surface area contributed by atoms with Gasteiger partial charge in [-0.15, -0.1) is 0 Å². The lowest BCUT2D eigenvalue weighted by molar-refractivity contribution is -0.143. The highest BCUT2D eigenvalue weighted by atomic mass is 35.5. The van der Waals surface area contributed by atoms with Crippen LogP contribution in [0, 0.1) is 0 Å². The summed E-state index contributed by atoms with van der Waals surface area (Å²) in [6.07, 6.45) is 2.89. The first-order valence-corrected chi connectivity index (χ1v) is 9.08. The van der Waals surface area contributed by atoms with E-state index in [1.165, 1.54) is 0 Å². The summed E-state index contributed by atoms with van der Waals surface area (Å²) in [7, 11) is 0. The molecular formula is C20H24ClNO3. The number of aromatic nitrogens is 1. The number of nitrogens with zero attached hydrogens (tertiary/aromatic N) is 1. The van der Waals surface area contributed by atoms with Crippen molar-refractivity contribution in [1.82, 2.24) is 4.57 Å². The van der Waals surface area contributed by atoms with Gasteiger partial charge in [0.2, 0.25) is 5.78 Å². The van der Waals surface area contributed by atoms with Crippen molar-refractivity contribution in [1.29, 1.82) is 0 Å². The van der Waals surface area contributed by atoms with Crippen LogP contribution >= 0.6 is 11.6 Å². The van der Waals surface area contributed by atoms with Crippen LogP contribution in [-0.4, -0.2) is 22.9 Å². The number of carbonyl (C=O) groups is 2. The summed E-state index contributed by atoms with van der Waals surface area (Å²) in [4.78, 5) is 24.5. The van der Waals surface area contributed by atoms with Gasteiger partial charge in [-0.3, -0.25) is 9.59 Å². The lowest BCUT2D eigenvalue weighted by Crippen LogP contribution is -2.14. The van der Waals surface area contributed by atoms with Crippen LogP contribution in [0.5, 0.6) is 0 Å². The molecule has 0 unspecified atom stereocenters. The molecule has 25 heavy (non-hydrogen) atoms. The maximum absolute atomic E-state index is 12.8. The third kappa shape index (κ3) is 5.20. The molecule has 1 aromatic heterocycles. The minimum Gasteiger partial charge on any atom is -0.466 e. The molecule has 0 amide bonds. The van der Waals surface area contributed by atoms with E-state index in [1.54, 1.807) is 31.2 Å². The third-order valence-electron chi connectivity index (χ3n) is 4.04. The van der Waals surface area contributed by atoms with Gasteiger partial charge in [0.1, 0.15) is 0 Å². The van der Waals surface area contributed by atoms with E-state index in [2.05, 4.69) is 6.92 Å². The zero-order chi connectivity index (χ0) is 18.2. The molecule has 134 valence electrons. The molecule has 1 aromatic carbocycles. The number of benzene rings is 1. The normalized spacial score (nSPS) is 10.7. The van der Waals surface area contributed by atoms with E-state index in [4.69, 9.17) is 16.3 Å². The van der Waals surface area contributed by atoms with E-state index < -0.39 is 0 Å². The fraction of sp³-hybridized carbons (Fsp3) is 0.400. The Hall–Kier alpha value is -2.07. The van der Waals surface area contributed by atoms with Crippen LogP contribution in [0.4, 0.5) is 0 Å². The Morgan fingerprint density at radius 1 is 1.08 bits per heavy atom. The van der Waals surface area contributed by atoms with Gasteiger partial charge in [-0.1, -0.05) is 24.9 Å². The van der Waals surface area contributed by atoms with Gasteiger partial charge in [0.25, 0.3) is 0 Å². The maximum Gasteiger partial charge on any atom is 0.306 e. The van der Waals surface area contributed by atoms with Gasteiger partial charge in [-0.05, 0) is 56.2 Å². The first kappa shape index (κ1) is 19.3. The molecule has 0 saturated heterocycles. The second kappa shape index (κ2) is 9.42. The number of esters is 1. The van der Waals surface area contributed by atoms with E-state index in [9.17, 15) is 9.59 Å². The van der Waals surface area contributed by atoms with Gasteiger partial charge in [0.15, 0.2) is 0 Å². The number of unbranched alkanes of at least 4 members (excludes halogenated alkanes) is 1. The fourth-order valence-electron chi connectivity index (χ4n) is 2.72. The minimum atomic E-state index is -0.212. The van der Waals surface area contributed by atoms with Crippen LogP contribution in [0.1, 0.15) is 54.9 Å². The number of carbonyl (C=O) groups excluding carboxylic acids is 2. The molecule has 4 nitrogen and oxygen atoms in total. The number of hydrogen-bond donors (Lipinski definition) is 0. The van der Waals surface area contributed by atoms with Gasteiger partial charge in [0, 0.05) is 22.8 Å². The number of halogens is 1. The van der Waals surface area contributed by atoms with E-state index in [1.807, 2.05) is 16.7 Å². The number of hydrogen-bond acceptors (Lipinski definition) is 3. The summed E-state index contributed by atoms with van der Waals surface area (Å²) >= 11 is 5.90. The van der Waals surface area contributed by atoms with Crippen LogP contribution in [0.25, 0.3) is 0 Å². The summed E-state index contributed by atoms with van der Waals surface area (Å²) < 4.78 is 7.02. The Morgan fingerprint density at radius 3 is 2.44 bits per heavy atom. The molecule has 0 atom stereocenters. The molecule has 2 rings (SSSR count). The van der Waals surface area contributed by atoms with E-state index >= 15 is 0 Å². The Labute approximate surface area is 153 Å². The Morgan fingerprint density at radius 2 is 1.80 bits per heavy atom. The molecule has 0 saturated carbocycles. The van der Waals surface area contributed by atoms with Crippen LogP contribution in [0.2, 0.25) is 5.02 Å². The summed E-state index contributed by atoms with van der Waals surface area (Å²) in [5.74, 6) is -0.244. The smallest absolute Gasteiger partial charge is 0.306 e. The molecule has 5 heteroatoms. The Kier molecular flexibility index (Phi) is 7.26. The second-order valence-electron chi connectivity index (χ2n) is 5.86. The van der Waals surface area contributed by atoms with Crippen LogP contribution in [0.3, 0.4) is 0 Å². The molecule has 0 bridgehead atoms. The first-order valence-electron chi connectivity index (χ1n) is 8.71. The van der Waals surface area contributed by atoms with Crippen LogP contribution in [0.15, 0.2) is 36.4 Å². The van der Waals surface area contributed by atoms with Gasteiger partial charge in [-0.25, -0.2) is 0 Å². The topological polar surface area (TPSA) is 48.3 Å². The van der Waals surface area contributed by atoms with E-state index in [0.29, 0.717) is 35.7 Å². The lowest BCUT2D eigenvalue weighted by atomic mass is 10.1. The van der Waals surface area contributed by atoms with Crippen molar-refractivity contribution >= 4 is 23.4 Å². The predicted octanol–water partition coefficient (Wildman–Crippen LogP) is 4.67. The molecule has 0 aliphatic carbocycles. The van der Waals surface area contributed by atoms with Gasteiger partial charge >= 0.3 is 5.97 Å². The second-order valence-corrected chi connectivity index (χ2v) is 6.29. The number of ketones is 1. The van der Waals surface area contributed by atoms with Crippen molar-refractivity contribution < 1.29 is 14.3 Å². The summed E-state index contributed by atoms with van der Waals surface area (Å²) in [5.41, 5.74) is 2.24. The third-order valence-corrected chi connectivity index (χ3v) is 4.29. The lowest BCUT2D eigenvalue weighted by Gasteiger charge is -2.13. The average molecular weight is 362 g/mol. The highest BCUT2D eigenvalue weighted by molar-refractivity contribution is 6.30. The molecule has 0 aliphatic rings. The van der Waals surface area contributed by atoms with E-state index in [0.717, 1.165) is 25.1 Å². The van der Waals surface area contributed by atoms with Crippen molar-refractivity contribution in [3.05, 3.63) is 58.4 Å². The minimum absolute atomic E-state index is 0.0323. The fourth-order valence-corrected chi connectivity index (χ4v) is 2.85. The van der Waals surface area contributed by atoms with Gasteiger partial charge < -0.3 is 9.30 Å². The average Bonchev–Trinajstić information content (AvgIpc) is 3.01. The quantitative estimate of drug-likeness (QED) is 0.481. The van der Waals surface area contributed by atoms with Gasteiger partial charge in [-0.2, -0.15) is 0 Å². The molecule has 0 spiro atoms. The number of aryl methyl sites for hydroxylation is 1. The Balaban J connectivity index is 2.23. The zero-order valence-corrected chi connectivity index (χ0v) is 15.5. The monoisotopic (exact) mass is 361 g/mol. The van der Waals surface area contributed by atoms with Crippen LogP contribution in [-0.2, 0) is 22.5 Å². The zero-order valence-electron chi connectivity index (χ0n) is 14.8. The van der Waals surface area contributed by atoms with Crippen LogP contribution < -0.4 is 0 Å². The molecule has 0 radical (unpaired) electrons. The summed E-state index contributed by atoms with van der Waals surface area (Å²) in [5, 5.41) is 0.605. The Bertz CT molecular complexity index is 719. The maximum atomic E-state index is 12.8. The summed E-state index contributed by atoms with van der Waals surface area (Å²) in [6, 6.07) is 10.7. The molecule has 0 fully saturated rings. The molecular weight excluding hydrogens is 338 g/mol. The van der Waals surface area contributed by atoms with Crippen molar-refractivity contribution in [3.63, 3.8) is 0 Å². The molecule has 2 aromatic rings. The highest BCUT2D eigenvalue weighted by Gasteiger charge is 2.17. The molecule has 1 heterocycles. The molecule has 0 aliphatic heterocycles. The molecule has 0 N–H and O–H groups in total. The summed E-state index contributed by atoms with van der Waals surface area (Å²) in [6.45, 7) is 5.06. The number of rotatable bonds is 9. The number of ether oxygens (including phenoxy) is 1. The SMILES string of the molecule is CCCCn1c(CCC(=O)OCC)ccc1C(=O)c1ccc(Cl)cc1. The van der Waals surface area contributed by atoms with Crippen molar-refractivity contribution in [2.75, 3.05) is 6.61 Å². The predicted molar refractivity (Wildman–Crippen MR) is 99.2 cm³/mol. The first-order chi connectivity index (χ1) is 12.1. The largest absolute Gasteiger partial charge is 0.466 e. The van der Waals surface area contributed by atoms with Crippen molar-refractivity contribution in [3.8, 4) is 0 Å². The standard InChI is InChI=1S/C20H24ClNO3/c1-3-5-14-22-17(11-13-19(23)25-4-2)10-12-18(22)20(24)15-6-8-16(21)9-7-15/h6-10,12H,3-5,11,13-14H2,1-2H3. The highest BCUT2D eigenvalue weighted by Crippen LogP contribution is 2.19. The van der Waals surface area contributed by atoms with Crippen molar-refractivity contribution in [2.24, 2.45) is 0 Å². The van der Waals surface area contributed by atoms with Crippen molar-refractivity contribution in [2.45, 2.75) is 46.1 Å².